The fourth-order valence-corrected chi connectivity index (χ4v) is 2.97. The van der Waals surface area contributed by atoms with Crippen molar-refractivity contribution in [2.24, 2.45) is 0 Å². The average Bonchev–Trinajstić information content (AvgIpc) is 3.12. The maximum Gasteiger partial charge on any atom is 0.255 e. The Labute approximate surface area is 149 Å². The van der Waals surface area contributed by atoms with E-state index < -0.39 is 5.82 Å². The molecule has 132 valence electrons. The Hall–Kier alpha value is -3.22. The summed E-state index contributed by atoms with van der Waals surface area (Å²) in [6.45, 7) is 2.32. The van der Waals surface area contributed by atoms with E-state index in [1.54, 1.807) is 36.3 Å². The molecule has 0 spiro atoms. The number of benzene rings is 1. The Balaban J connectivity index is 1.66. The van der Waals surface area contributed by atoms with Crippen molar-refractivity contribution in [3.8, 4) is 11.6 Å². The molecule has 0 radical (unpaired) electrons. The number of amides is 1. The van der Waals surface area contributed by atoms with Gasteiger partial charge in [-0.1, -0.05) is 6.07 Å². The molecule has 0 saturated carbocycles. The van der Waals surface area contributed by atoms with E-state index in [4.69, 9.17) is 4.74 Å². The summed E-state index contributed by atoms with van der Waals surface area (Å²) < 4.78 is 21.9. The lowest BCUT2D eigenvalue weighted by Gasteiger charge is -2.14. The van der Waals surface area contributed by atoms with Crippen molar-refractivity contribution < 1.29 is 13.9 Å². The number of ether oxygens (including phenoxy) is 1. The predicted octanol–water partition coefficient (Wildman–Crippen LogP) is 2.43. The highest BCUT2D eigenvalue weighted by Gasteiger charge is 2.23. The molecule has 4 rings (SSSR count). The number of carbonyl (C=O) groups is 1. The molecule has 3 aromatic rings. The first-order valence-electron chi connectivity index (χ1n) is 8.29. The van der Waals surface area contributed by atoms with Gasteiger partial charge in [0.05, 0.1) is 12.1 Å². The fourth-order valence-electron chi connectivity index (χ4n) is 2.97. The van der Waals surface area contributed by atoms with Crippen LogP contribution in [0.25, 0.3) is 5.82 Å². The molecule has 2 aromatic heterocycles. The monoisotopic (exact) mass is 352 g/mol. The smallest absolute Gasteiger partial charge is 0.255 e. The number of nitrogens with one attached hydrogen (secondary N) is 1. The number of nitrogens with zero attached hydrogens (tertiary/aromatic N) is 3. The van der Waals surface area contributed by atoms with Gasteiger partial charge in [0.1, 0.15) is 18.8 Å². The molecule has 1 aromatic carbocycles. The summed E-state index contributed by atoms with van der Waals surface area (Å²) in [4.78, 5) is 20.6. The molecule has 1 aliphatic rings. The van der Waals surface area contributed by atoms with Gasteiger partial charge in [0.2, 0.25) is 0 Å². The number of imidazole rings is 1. The summed E-state index contributed by atoms with van der Waals surface area (Å²) in [7, 11) is 0. The van der Waals surface area contributed by atoms with Gasteiger partial charge in [0.25, 0.3) is 5.91 Å². The maximum absolute atomic E-state index is 14.7. The zero-order valence-electron chi connectivity index (χ0n) is 14.2. The van der Waals surface area contributed by atoms with E-state index in [-0.39, 0.29) is 23.8 Å². The zero-order chi connectivity index (χ0) is 18.1. The van der Waals surface area contributed by atoms with Gasteiger partial charge in [-0.3, -0.25) is 9.36 Å². The second-order valence-corrected chi connectivity index (χ2v) is 6.13. The minimum atomic E-state index is -0.474. The van der Waals surface area contributed by atoms with Crippen LogP contribution in [0.4, 0.5) is 4.39 Å². The molecular formula is C19H17FN4O2. The van der Waals surface area contributed by atoms with Crippen molar-refractivity contribution in [1.82, 2.24) is 19.9 Å². The van der Waals surface area contributed by atoms with Gasteiger partial charge in [0.15, 0.2) is 11.6 Å². The van der Waals surface area contributed by atoms with Crippen molar-refractivity contribution in [1.29, 1.82) is 0 Å². The van der Waals surface area contributed by atoms with Crippen LogP contribution in [0.1, 0.15) is 27.0 Å². The van der Waals surface area contributed by atoms with Crippen molar-refractivity contribution in [3.63, 3.8) is 0 Å². The fraction of sp³-hybridized carbons (Fsp3) is 0.211. The summed E-state index contributed by atoms with van der Waals surface area (Å²) in [6.07, 6.45) is 7.39. The number of hydrogen-bond donors (Lipinski definition) is 1. The molecule has 0 unspecified atom stereocenters. The highest BCUT2D eigenvalue weighted by atomic mass is 19.1. The molecule has 0 aliphatic carbocycles. The molecule has 0 saturated heterocycles. The van der Waals surface area contributed by atoms with Crippen LogP contribution < -0.4 is 10.1 Å². The number of fused-ring (bicyclic) bond motifs is 1. The van der Waals surface area contributed by atoms with Crippen LogP contribution in [0.15, 0.2) is 43.1 Å². The second-order valence-electron chi connectivity index (χ2n) is 6.13. The predicted molar refractivity (Wildman–Crippen MR) is 93.1 cm³/mol. The molecule has 1 amide bonds. The quantitative estimate of drug-likeness (QED) is 0.786. The molecule has 6 nitrogen and oxygen atoms in total. The summed E-state index contributed by atoms with van der Waals surface area (Å²) in [5.74, 6) is 0.00228. The van der Waals surface area contributed by atoms with Gasteiger partial charge in [0, 0.05) is 18.6 Å². The van der Waals surface area contributed by atoms with E-state index in [0.717, 1.165) is 16.9 Å². The van der Waals surface area contributed by atoms with Crippen LogP contribution in [0.5, 0.6) is 5.75 Å². The molecule has 0 bridgehead atoms. The molecule has 1 aliphatic heterocycles. The van der Waals surface area contributed by atoms with E-state index in [1.807, 2.05) is 18.3 Å². The lowest BCUT2D eigenvalue weighted by molar-refractivity contribution is 0.0957. The lowest BCUT2D eigenvalue weighted by atomic mass is 9.97. The first-order chi connectivity index (χ1) is 12.6. The van der Waals surface area contributed by atoms with Crippen molar-refractivity contribution in [2.45, 2.75) is 13.3 Å². The first-order valence-corrected chi connectivity index (χ1v) is 8.29. The first kappa shape index (κ1) is 16.3. The summed E-state index contributed by atoms with van der Waals surface area (Å²) in [5.41, 5.74) is 2.38. The number of aromatic nitrogens is 3. The Morgan fingerprint density at radius 2 is 2.27 bits per heavy atom. The van der Waals surface area contributed by atoms with Crippen molar-refractivity contribution in [2.75, 3.05) is 13.2 Å². The molecule has 1 N–H and O–H groups in total. The Morgan fingerprint density at radius 1 is 1.38 bits per heavy atom. The Morgan fingerprint density at radius 3 is 3.00 bits per heavy atom. The molecule has 0 atom stereocenters. The largest absolute Gasteiger partial charge is 0.488 e. The number of hydrogen-bond acceptors (Lipinski definition) is 4. The Kier molecular flexibility index (Phi) is 4.12. The van der Waals surface area contributed by atoms with Crippen LogP contribution in [-0.2, 0) is 6.42 Å². The molecule has 0 fully saturated rings. The van der Waals surface area contributed by atoms with E-state index in [2.05, 4.69) is 15.3 Å². The second kappa shape index (κ2) is 6.59. The molecule has 7 heteroatoms. The standard InChI is InChI=1S/C19H17FN4O2/c1-12-14(9-15-18(17(12)20)26-7-5-22-19(15)25)8-13-2-3-16(23-10-13)24-6-4-21-11-24/h2-4,6,9-11H,5,7-8H2,1H3,(H,22,25). The summed E-state index contributed by atoms with van der Waals surface area (Å²) >= 11 is 0. The van der Waals surface area contributed by atoms with Gasteiger partial charge >= 0.3 is 0 Å². The average molecular weight is 352 g/mol. The Bertz CT molecular complexity index is 953. The van der Waals surface area contributed by atoms with Gasteiger partial charge in [-0.05, 0) is 42.2 Å². The van der Waals surface area contributed by atoms with E-state index in [0.29, 0.717) is 18.5 Å². The maximum atomic E-state index is 14.7. The minimum Gasteiger partial charge on any atom is -0.488 e. The number of rotatable bonds is 3. The van der Waals surface area contributed by atoms with E-state index in [1.165, 1.54) is 0 Å². The van der Waals surface area contributed by atoms with Gasteiger partial charge in [-0.15, -0.1) is 0 Å². The highest BCUT2D eigenvalue weighted by Crippen LogP contribution is 2.30. The third-order valence-electron chi connectivity index (χ3n) is 4.42. The van der Waals surface area contributed by atoms with Crippen LogP contribution in [0.2, 0.25) is 0 Å². The summed E-state index contributed by atoms with van der Waals surface area (Å²) in [5, 5.41) is 2.71. The SMILES string of the molecule is Cc1c(Cc2ccc(-n3ccnc3)nc2)cc2c(c1F)OCCNC2=O. The normalized spacial score (nSPS) is 13.5. The number of halogens is 1. The van der Waals surface area contributed by atoms with Gasteiger partial charge in [-0.2, -0.15) is 0 Å². The van der Waals surface area contributed by atoms with E-state index in [9.17, 15) is 9.18 Å². The zero-order valence-corrected chi connectivity index (χ0v) is 14.2. The molecule has 26 heavy (non-hydrogen) atoms. The topological polar surface area (TPSA) is 69.0 Å². The lowest BCUT2D eigenvalue weighted by Crippen LogP contribution is -2.24. The van der Waals surface area contributed by atoms with Crippen LogP contribution in [0.3, 0.4) is 0 Å². The van der Waals surface area contributed by atoms with Gasteiger partial charge < -0.3 is 10.1 Å². The summed E-state index contributed by atoms with van der Waals surface area (Å²) in [6, 6.07) is 5.52. The molecular weight excluding hydrogens is 335 g/mol. The van der Waals surface area contributed by atoms with Crippen LogP contribution in [0, 0.1) is 12.7 Å². The van der Waals surface area contributed by atoms with Gasteiger partial charge in [-0.25, -0.2) is 14.4 Å². The van der Waals surface area contributed by atoms with E-state index >= 15 is 0 Å². The van der Waals surface area contributed by atoms with Crippen LogP contribution in [-0.4, -0.2) is 33.6 Å². The van der Waals surface area contributed by atoms with Crippen LogP contribution >= 0.6 is 0 Å². The highest BCUT2D eigenvalue weighted by molar-refractivity contribution is 5.97. The number of pyridine rings is 1. The minimum absolute atomic E-state index is 0.0369. The van der Waals surface area contributed by atoms with Crippen molar-refractivity contribution in [3.05, 3.63) is 71.2 Å². The molecule has 3 heterocycles. The van der Waals surface area contributed by atoms with Crippen molar-refractivity contribution >= 4 is 5.91 Å². The third-order valence-corrected chi connectivity index (χ3v) is 4.42. The number of carbonyl (C=O) groups excluding carboxylic acids is 1. The third kappa shape index (κ3) is 2.92.